The van der Waals surface area contributed by atoms with Crippen molar-refractivity contribution in [2.75, 3.05) is 19.6 Å². The topological polar surface area (TPSA) is 29.3 Å². The van der Waals surface area contributed by atoms with Crippen LogP contribution in [0.15, 0.2) is 22.7 Å². The van der Waals surface area contributed by atoms with E-state index < -0.39 is 0 Å². The Morgan fingerprint density at radius 2 is 2.21 bits per heavy atom. The minimum atomic E-state index is 0.218. The highest BCUT2D eigenvalue weighted by Crippen LogP contribution is 2.33. The fourth-order valence-electron chi connectivity index (χ4n) is 2.73. The Balaban J connectivity index is 2.17. The number of likely N-dealkylation sites (N-methyl/N-ethyl adjacent to an activating group) is 1. The Bertz CT molecular complexity index is 421. The van der Waals surface area contributed by atoms with Crippen molar-refractivity contribution in [2.24, 2.45) is 11.7 Å². The Labute approximate surface area is 129 Å². The molecule has 0 aromatic heterocycles. The summed E-state index contributed by atoms with van der Waals surface area (Å²) in [6.45, 7) is 4.96. The van der Waals surface area contributed by atoms with Gasteiger partial charge in [0.05, 0.1) is 0 Å². The molecule has 19 heavy (non-hydrogen) atoms. The molecule has 1 aliphatic carbocycles. The predicted molar refractivity (Wildman–Crippen MR) is 85.5 cm³/mol. The maximum atomic E-state index is 6.35. The van der Waals surface area contributed by atoms with E-state index in [-0.39, 0.29) is 6.04 Å². The number of hydrogen-bond acceptors (Lipinski definition) is 2. The van der Waals surface area contributed by atoms with Crippen LogP contribution >= 0.6 is 27.5 Å². The lowest BCUT2D eigenvalue weighted by Gasteiger charge is -2.36. The maximum absolute atomic E-state index is 6.35. The van der Waals surface area contributed by atoms with Crippen LogP contribution in [0.25, 0.3) is 0 Å². The third-order valence-electron chi connectivity index (χ3n) is 4.10. The molecule has 1 aromatic rings. The van der Waals surface area contributed by atoms with Crippen molar-refractivity contribution in [3.8, 4) is 0 Å². The van der Waals surface area contributed by atoms with Crippen molar-refractivity contribution in [2.45, 2.75) is 32.2 Å². The largest absolute Gasteiger partial charge is 0.329 e. The van der Waals surface area contributed by atoms with Crippen LogP contribution in [-0.2, 0) is 0 Å². The van der Waals surface area contributed by atoms with Gasteiger partial charge in [-0.05, 0) is 49.1 Å². The zero-order valence-corrected chi connectivity index (χ0v) is 13.8. The van der Waals surface area contributed by atoms with Crippen LogP contribution in [0.1, 0.15) is 37.8 Å². The average molecular weight is 346 g/mol. The lowest BCUT2D eigenvalue weighted by Crippen LogP contribution is -2.38. The summed E-state index contributed by atoms with van der Waals surface area (Å²) in [7, 11) is 0. The van der Waals surface area contributed by atoms with Crippen molar-refractivity contribution in [1.29, 1.82) is 0 Å². The number of benzene rings is 1. The molecule has 2 rings (SSSR count). The summed E-state index contributed by atoms with van der Waals surface area (Å²) < 4.78 is 1.06. The van der Waals surface area contributed by atoms with Crippen molar-refractivity contribution < 1.29 is 0 Å². The van der Waals surface area contributed by atoms with E-state index in [9.17, 15) is 0 Å². The van der Waals surface area contributed by atoms with Gasteiger partial charge in [-0.2, -0.15) is 0 Å². The zero-order valence-electron chi connectivity index (χ0n) is 11.4. The molecule has 0 heterocycles. The van der Waals surface area contributed by atoms with Crippen molar-refractivity contribution >= 4 is 27.5 Å². The van der Waals surface area contributed by atoms with Crippen LogP contribution < -0.4 is 5.73 Å². The molecular weight excluding hydrogens is 324 g/mol. The highest BCUT2D eigenvalue weighted by atomic mass is 79.9. The first kappa shape index (κ1) is 15.3. The van der Waals surface area contributed by atoms with Crippen LogP contribution in [0, 0.1) is 5.92 Å². The number of hydrogen-bond donors (Lipinski definition) is 1. The van der Waals surface area contributed by atoms with E-state index in [0.717, 1.165) is 34.1 Å². The van der Waals surface area contributed by atoms with E-state index in [2.05, 4.69) is 33.8 Å². The number of nitrogens with zero attached hydrogens (tertiary/aromatic N) is 1. The van der Waals surface area contributed by atoms with Gasteiger partial charge in [0.1, 0.15) is 0 Å². The molecule has 106 valence electrons. The molecule has 0 spiro atoms. The van der Waals surface area contributed by atoms with Gasteiger partial charge in [0, 0.05) is 28.6 Å². The van der Waals surface area contributed by atoms with Crippen LogP contribution in [0.2, 0.25) is 5.02 Å². The first-order valence-electron chi connectivity index (χ1n) is 7.04. The second-order valence-electron chi connectivity index (χ2n) is 5.30. The quantitative estimate of drug-likeness (QED) is 0.836. The molecule has 1 fully saturated rings. The Kier molecular flexibility index (Phi) is 5.70. The lowest BCUT2D eigenvalue weighted by molar-refractivity contribution is 0.141. The maximum Gasteiger partial charge on any atom is 0.0485 e. The molecule has 1 aliphatic rings. The van der Waals surface area contributed by atoms with E-state index in [0.29, 0.717) is 6.54 Å². The molecule has 1 atom stereocenters. The summed E-state index contributed by atoms with van der Waals surface area (Å²) in [6.07, 6.45) is 4.10. The average Bonchev–Trinajstić information content (AvgIpc) is 2.35. The van der Waals surface area contributed by atoms with Crippen molar-refractivity contribution in [1.82, 2.24) is 4.90 Å². The molecule has 0 radical (unpaired) electrons. The minimum Gasteiger partial charge on any atom is -0.329 e. The van der Waals surface area contributed by atoms with Gasteiger partial charge < -0.3 is 5.73 Å². The molecule has 0 saturated heterocycles. The lowest BCUT2D eigenvalue weighted by atomic mass is 9.84. The molecule has 1 aromatic carbocycles. The number of nitrogens with two attached hydrogens (primary N) is 1. The molecule has 1 unspecified atom stereocenters. The van der Waals surface area contributed by atoms with Gasteiger partial charge >= 0.3 is 0 Å². The molecule has 0 aliphatic heterocycles. The summed E-state index contributed by atoms with van der Waals surface area (Å²) in [4.78, 5) is 2.47. The van der Waals surface area contributed by atoms with Crippen molar-refractivity contribution in [3.63, 3.8) is 0 Å². The second kappa shape index (κ2) is 7.07. The monoisotopic (exact) mass is 344 g/mol. The highest BCUT2D eigenvalue weighted by molar-refractivity contribution is 9.10. The Morgan fingerprint density at radius 1 is 1.47 bits per heavy atom. The van der Waals surface area contributed by atoms with Gasteiger partial charge in [-0.25, -0.2) is 0 Å². The Morgan fingerprint density at radius 3 is 2.74 bits per heavy atom. The number of rotatable bonds is 6. The van der Waals surface area contributed by atoms with Crippen molar-refractivity contribution in [3.05, 3.63) is 33.3 Å². The van der Waals surface area contributed by atoms with E-state index in [1.54, 1.807) is 0 Å². The van der Waals surface area contributed by atoms with Crippen LogP contribution in [0.4, 0.5) is 0 Å². The molecule has 0 amide bonds. The summed E-state index contributed by atoms with van der Waals surface area (Å²) in [5.41, 5.74) is 7.16. The van der Waals surface area contributed by atoms with E-state index in [4.69, 9.17) is 17.3 Å². The van der Waals surface area contributed by atoms with E-state index in [1.165, 1.54) is 19.3 Å². The standard InChI is InChI=1S/C15H22BrClN2/c1-2-19(10-11-4-3-5-11)15(9-18)13-8-12(16)6-7-14(13)17/h6-8,11,15H,2-5,9-10,18H2,1H3. The molecule has 0 bridgehead atoms. The van der Waals surface area contributed by atoms with Gasteiger partial charge in [0.15, 0.2) is 0 Å². The molecule has 1 saturated carbocycles. The van der Waals surface area contributed by atoms with E-state index >= 15 is 0 Å². The van der Waals surface area contributed by atoms with Crippen LogP contribution in [0.5, 0.6) is 0 Å². The third-order valence-corrected chi connectivity index (χ3v) is 4.94. The van der Waals surface area contributed by atoms with Gasteiger partial charge in [-0.3, -0.25) is 4.90 Å². The first-order valence-corrected chi connectivity index (χ1v) is 8.21. The SMILES string of the molecule is CCN(CC1CCC1)C(CN)c1cc(Br)ccc1Cl. The van der Waals surface area contributed by atoms with Gasteiger partial charge in [0.2, 0.25) is 0 Å². The van der Waals surface area contributed by atoms with Gasteiger partial charge in [0.25, 0.3) is 0 Å². The normalized spacial score (nSPS) is 17.5. The number of halogens is 2. The van der Waals surface area contributed by atoms with Gasteiger partial charge in [-0.15, -0.1) is 0 Å². The van der Waals surface area contributed by atoms with Crippen LogP contribution in [0.3, 0.4) is 0 Å². The first-order chi connectivity index (χ1) is 9.15. The van der Waals surface area contributed by atoms with Gasteiger partial charge in [-0.1, -0.05) is 40.9 Å². The smallest absolute Gasteiger partial charge is 0.0485 e. The molecule has 4 heteroatoms. The highest BCUT2D eigenvalue weighted by Gasteiger charge is 2.26. The molecule has 2 nitrogen and oxygen atoms in total. The second-order valence-corrected chi connectivity index (χ2v) is 6.62. The Hall–Kier alpha value is -0.0900. The predicted octanol–water partition coefficient (Wildman–Crippen LogP) is 4.22. The summed E-state index contributed by atoms with van der Waals surface area (Å²) >= 11 is 9.87. The zero-order chi connectivity index (χ0) is 13.8. The van der Waals surface area contributed by atoms with E-state index in [1.807, 2.05) is 12.1 Å². The molecular formula is C15H22BrClN2. The van der Waals surface area contributed by atoms with Crippen LogP contribution in [-0.4, -0.2) is 24.5 Å². The molecule has 2 N–H and O–H groups in total. The minimum absolute atomic E-state index is 0.218. The third kappa shape index (κ3) is 3.72. The fraction of sp³-hybridized carbons (Fsp3) is 0.600. The summed E-state index contributed by atoms with van der Waals surface area (Å²) in [5.74, 6) is 0.847. The summed E-state index contributed by atoms with van der Waals surface area (Å²) in [5, 5.41) is 0.811. The fourth-order valence-corrected chi connectivity index (χ4v) is 3.35. The summed E-state index contributed by atoms with van der Waals surface area (Å²) in [6, 6.07) is 6.24.